The van der Waals surface area contributed by atoms with Crippen molar-refractivity contribution in [3.05, 3.63) is 11.9 Å². The molecule has 0 bridgehead atoms. The molecule has 0 radical (unpaired) electrons. The largest absolute Gasteiger partial charge is 0.396 e. The highest BCUT2D eigenvalue weighted by molar-refractivity contribution is 5.97. The molecule has 21 heavy (non-hydrogen) atoms. The maximum absolute atomic E-state index is 12.4. The first-order valence-corrected chi connectivity index (χ1v) is 7.43. The standard InChI is InChI=1S/C14H21N5O2/c1-18-12(11(15)8-16-18)14(21)19-6-4-10(5-7-19)17-13(20)9-2-3-9/h8-10H,2-7,15H2,1H3,(H,17,20). The Bertz CT molecular complexity index is 536. The van der Waals surface area contributed by atoms with E-state index in [0.717, 1.165) is 25.7 Å². The molecule has 0 aromatic carbocycles. The zero-order chi connectivity index (χ0) is 15.0. The molecule has 114 valence electrons. The average Bonchev–Trinajstić information content (AvgIpc) is 3.26. The number of carbonyl (C=O) groups is 2. The van der Waals surface area contributed by atoms with Crippen molar-refractivity contribution in [3.8, 4) is 0 Å². The fourth-order valence-electron chi connectivity index (χ4n) is 2.76. The number of nitrogens with two attached hydrogens (primary N) is 1. The predicted octanol–water partition coefficient (Wildman–Crippen LogP) is 0.133. The molecule has 7 nitrogen and oxygen atoms in total. The molecule has 1 aliphatic carbocycles. The summed E-state index contributed by atoms with van der Waals surface area (Å²) in [7, 11) is 1.71. The van der Waals surface area contributed by atoms with Crippen LogP contribution in [0, 0.1) is 5.92 Å². The lowest BCUT2D eigenvalue weighted by Crippen LogP contribution is -2.47. The number of aromatic nitrogens is 2. The lowest BCUT2D eigenvalue weighted by Gasteiger charge is -2.32. The average molecular weight is 291 g/mol. The third-order valence-corrected chi connectivity index (χ3v) is 4.25. The normalized spacial score (nSPS) is 19.6. The second-order valence-corrected chi connectivity index (χ2v) is 5.92. The summed E-state index contributed by atoms with van der Waals surface area (Å²) in [5, 5.41) is 7.08. The second-order valence-electron chi connectivity index (χ2n) is 5.92. The molecule has 1 aliphatic heterocycles. The third kappa shape index (κ3) is 2.86. The number of aryl methyl sites for hydroxylation is 1. The number of likely N-dealkylation sites (tertiary alicyclic amines) is 1. The minimum Gasteiger partial charge on any atom is -0.396 e. The summed E-state index contributed by atoms with van der Waals surface area (Å²) < 4.78 is 1.51. The van der Waals surface area contributed by atoms with E-state index >= 15 is 0 Å². The van der Waals surface area contributed by atoms with Gasteiger partial charge < -0.3 is 16.0 Å². The molecular formula is C14H21N5O2. The Labute approximate surface area is 123 Å². The van der Waals surface area contributed by atoms with Crippen LogP contribution in [0.2, 0.25) is 0 Å². The Morgan fingerprint density at radius 3 is 2.48 bits per heavy atom. The van der Waals surface area contributed by atoms with Crippen LogP contribution in [0.4, 0.5) is 5.69 Å². The minimum absolute atomic E-state index is 0.0838. The molecule has 2 heterocycles. The number of piperidine rings is 1. The number of hydrogen-bond acceptors (Lipinski definition) is 4. The number of nitrogen functional groups attached to an aromatic ring is 1. The highest BCUT2D eigenvalue weighted by atomic mass is 16.2. The van der Waals surface area contributed by atoms with E-state index in [2.05, 4.69) is 10.4 Å². The van der Waals surface area contributed by atoms with Gasteiger partial charge in [-0.2, -0.15) is 5.10 Å². The Kier molecular flexibility index (Phi) is 3.57. The van der Waals surface area contributed by atoms with Crippen LogP contribution in [-0.2, 0) is 11.8 Å². The van der Waals surface area contributed by atoms with Gasteiger partial charge in [0, 0.05) is 32.1 Å². The number of anilines is 1. The fourth-order valence-corrected chi connectivity index (χ4v) is 2.76. The molecule has 1 saturated heterocycles. The first kappa shape index (κ1) is 13.9. The summed E-state index contributed by atoms with van der Waals surface area (Å²) in [4.78, 5) is 26.0. The molecular weight excluding hydrogens is 270 g/mol. The lowest BCUT2D eigenvalue weighted by atomic mass is 10.0. The van der Waals surface area contributed by atoms with E-state index in [1.165, 1.54) is 10.9 Å². The van der Waals surface area contributed by atoms with Crippen molar-refractivity contribution in [2.24, 2.45) is 13.0 Å². The maximum atomic E-state index is 12.4. The Balaban J connectivity index is 1.55. The van der Waals surface area contributed by atoms with Crippen molar-refractivity contribution in [3.63, 3.8) is 0 Å². The van der Waals surface area contributed by atoms with Crippen LogP contribution in [0.25, 0.3) is 0 Å². The summed E-state index contributed by atoms with van der Waals surface area (Å²) in [6.07, 6.45) is 5.12. The fraction of sp³-hybridized carbons (Fsp3) is 0.643. The van der Waals surface area contributed by atoms with Gasteiger partial charge in [-0.15, -0.1) is 0 Å². The van der Waals surface area contributed by atoms with Crippen LogP contribution < -0.4 is 11.1 Å². The molecule has 7 heteroatoms. The summed E-state index contributed by atoms with van der Waals surface area (Å²) in [6.45, 7) is 1.28. The van der Waals surface area contributed by atoms with Gasteiger partial charge in [0.15, 0.2) is 0 Å². The number of carbonyl (C=O) groups excluding carboxylic acids is 2. The topological polar surface area (TPSA) is 93.2 Å². The summed E-state index contributed by atoms with van der Waals surface area (Å²) in [6, 6.07) is 0.186. The quantitative estimate of drug-likeness (QED) is 0.828. The van der Waals surface area contributed by atoms with Gasteiger partial charge in [-0.3, -0.25) is 14.3 Å². The third-order valence-electron chi connectivity index (χ3n) is 4.25. The first-order chi connectivity index (χ1) is 10.1. The van der Waals surface area contributed by atoms with Crippen molar-refractivity contribution >= 4 is 17.5 Å². The van der Waals surface area contributed by atoms with Crippen molar-refractivity contribution in [2.75, 3.05) is 18.8 Å². The summed E-state index contributed by atoms with van der Waals surface area (Å²) >= 11 is 0. The van der Waals surface area contributed by atoms with E-state index in [1.54, 1.807) is 11.9 Å². The molecule has 0 unspecified atom stereocenters. The SMILES string of the molecule is Cn1ncc(N)c1C(=O)N1CCC(NC(=O)C2CC2)CC1. The molecule has 2 fully saturated rings. The molecule has 1 aromatic heterocycles. The highest BCUT2D eigenvalue weighted by Crippen LogP contribution is 2.29. The minimum atomic E-state index is -0.0838. The molecule has 1 saturated carbocycles. The number of rotatable bonds is 3. The van der Waals surface area contributed by atoms with Crippen molar-refractivity contribution in [1.82, 2.24) is 20.0 Å². The molecule has 3 N–H and O–H groups in total. The van der Waals surface area contributed by atoms with Gasteiger partial charge >= 0.3 is 0 Å². The number of amides is 2. The number of nitrogens with zero attached hydrogens (tertiary/aromatic N) is 3. The zero-order valence-electron chi connectivity index (χ0n) is 12.2. The van der Waals surface area contributed by atoms with Crippen molar-refractivity contribution in [1.29, 1.82) is 0 Å². The van der Waals surface area contributed by atoms with E-state index in [1.807, 2.05) is 0 Å². The van der Waals surface area contributed by atoms with Gasteiger partial charge in [0.25, 0.3) is 5.91 Å². The van der Waals surface area contributed by atoms with E-state index < -0.39 is 0 Å². The van der Waals surface area contributed by atoms with Crippen LogP contribution in [-0.4, -0.2) is 45.6 Å². The Morgan fingerprint density at radius 2 is 1.95 bits per heavy atom. The first-order valence-electron chi connectivity index (χ1n) is 7.43. The molecule has 2 aliphatic rings. The van der Waals surface area contributed by atoms with E-state index in [4.69, 9.17) is 5.73 Å². The highest BCUT2D eigenvalue weighted by Gasteiger charge is 2.32. The van der Waals surface area contributed by atoms with Crippen molar-refractivity contribution < 1.29 is 9.59 Å². The molecule has 2 amide bonds. The van der Waals surface area contributed by atoms with Gasteiger partial charge in [-0.05, 0) is 25.7 Å². The van der Waals surface area contributed by atoms with Crippen molar-refractivity contribution in [2.45, 2.75) is 31.7 Å². The summed E-state index contributed by atoms with van der Waals surface area (Å²) in [5.41, 5.74) is 6.64. The van der Waals surface area contributed by atoms with Gasteiger partial charge in [-0.25, -0.2) is 0 Å². The van der Waals surface area contributed by atoms with Crippen LogP contribution in [0.3, 0.4) is 0 Å². The lowest BCUT2D eigenvalue weighted by molar-refractivity contribution is -0.123. The van der Waals surface area contributed by atoms with Crippen LogP contribution in [0.5, 0.6) is 0 Å². The summed E-state index contributed by atoms with van der Waals surface area (Å²) in [5.74, 6) is 0.328. The Hall–Kier alpha value is -2.05. The number of hydrogen-bond donors (Lipinski definition) is 2. The monoisotopic (exact) mass is 291 g/mol. The van der Waals surface area contributed by atoms with Crippen LogP contribution in [0.15, 0.2) is 6.20 Å². The maximum Gasteiger partial charge on any atom is 0.274 e. The second kappa shape index (κ2) is 5.38. The number of nitrogens with one attached hydrogen (secondary N) is 1. The van der Waals surface area contributed by atoms with E-state index in [0.29, 0.717) is 24.5 Å². The van der Waals surface area contributed by atoms with Gasteiger partial charge in [0.1, 0.15) is 5.69 Å². The van der Waals surface area contributed by atoms with Crippen LogP contribution in [0.1, 0.15) is 36.2 Å². The van der Waals surface area contributed by atoms with Gasteiger partial charge in [0.2, 0.25) is 5.91 Å². The predicted molar refractivity (Wildman–Crippen MR) is 77.4 cm³/mol. The van der Waals surface area contributed by atoms with Crippen LogP contribution >= 0.6 is 0 Å². The molecule has 3 rings (SSSR count). The Morgan fingerprint density at radius 1 is 1.29 bits per heavy atom. The smallest absolute Gasteiger partial charge is 0.274 e. The zero-order valence-corrected chi connectivity index (χ0v) is 12.2. The molecule has 0 spiro atoms. The van der Waals surface area contributed by atoms with Gasteiger partial charge in [-0.1, -0.05) is 0 Å². The van der Waals surface area contributed by atoms with E-state index in [9.17, 15) is 9.59 Å². The molecule has 0 atom stereocenters. The molecule has 1 aromatic rings. The van der Waals surface area contributed by atoms with Gasteiger partial charge in [0.05, 0.1) is 11.9 Å². The van der Waals surface area contributed by atoms with E-state index in [-0.39, 0.29) is 23.8 Å².